The van der Waals surface area contributed by atoms with Crippen LogP contribution in [0.2, 0.25) is 0 Å². The lowest BCUT2D eigenvalue weighted by molar-refractivity contribution is -0.154. The first kappa shape index (κ1) is 18.1. The van der Waals surface area contributed by atoms with Gasteiger partial charge in [-0.05, 0) is 23.8 Å². The molecule has 0 radical (unpaired) electrons. The average molecular weight is 421 g/mol. The molecule has 0 bridgehead atoms. The number of piperazine rings is 1. The summed E-state index contributed by atoms with van der Waals surface area (Å²) in [5.41, 5.74) is 0.836. The standard InChI is InChI=1S/C22H19N3O6/c1-24-10-18(26)25-15(20(24)27)9-22(13-4-2-3-5-14(13)23-21(28)31-22)19(25)12-6-7-16-17(8-12)30-11-29-16/h2-8,15,19H,9-11H2,1H3,(H,23,28). The van der Waals surface area contributed by atoms with Crippen molar-refractivity contribution in [2.75, 3.05) is 25.7 Å². The second-order valence-electron chi connectivity index (χ2n) is 8.18. The van der Waals surface area contributed by atoms with E-state index in [2.05, 4.69) is 5.32 Å². The molecule has 4 aliphatic rings. The summed E-state index contributed by atoms with van der Waals surface area (Å²) in [5.74, 6) is 0.793. The maximum Gasteiger partial charge on any atom is 0.412 e. The van der Waals surface area contributed by atoms with Crippen molar-refractivity contribution in [3.8, 4) is 11.5 Å². The number of rotatable bonds is 1. The smallest absolute Gasteiger partial charge is 0.412 e. The molecule has 3 atom stereocenters. The highest BCUT2D eigenvalue weighted by Gasteiger charge is 2.63. The number of nitrogens with zero attached hydrogens (tertiary/aromatic N) is 2. The van der Waals surface area contributed by atoms with E-state index < -0.39 is 23.8 Å². The molecule has 158 valence electrons. The molecule has 9 heteroatoms. The molecule has 2 fully saturated rings. The quantitative estimate of drug-likeness (QED) is 0.756. The van der Waals surface area contributed by atoms with Crippen LogP contribution in [0.4, 0.5) is 10.5 Å². The van der Waals surface area contributed by atoms with E-state index in [1.807, 2.05) is 24.3 Å². The summed E-state index contributed by atoms with van der Waals surface area (Å²) in [5, 5.41) is 2.73. The van der Waals surface area contributed by atoms with E-state index >= 15 is 0 Å². The van der Waals surface area contributed by atoms with Crippen molar-refractivity contribution in [1.29, 1.82) is 0 Å². The fourth-order valence-electron chi connectivity index (χ4n) is 5.23. The number of likely N-dealkylation sites (N-methyl/N-ethyl adjacent to an activating group) is 1. The number of benzene rings is 2. The van der Waals surface area contributed by atoms with Gasteiger partial charge < -0.3 is 24.0 Å². The molecule has 1 N–H and O–H groups in total. The van der Waals surface area contributed by atoms with Crippen LogP contribution in [0, 0.1) is 0 Å². The van der Waals surface area contributed by atoms with Gasteiger partial charge in [-0.15, -0.1) is 0 Å². The Kier molecular flexibility index (Phi) is 3.57. The fraction of sp³-hybridized carbons (Fsp3) is 0.318. The molecule has 31 heavy (non-hydrogen) atoms. The lowest BCUT2D eigenvalue weighted by Crippen LogP contribution is -2.56. The average Bonchev–Trinajstić information content (AvgIpc) is 3.34. The highest BCUT2D eigenvalue weighted by Crippen LogP contribution is 2.57. The topological polar surface area (TPSA) is 97.4 Å². The van der Waals surface area contributed by atoms with E-state index in [1.165, 1.54) is 4.90 Å². The molecule has 3 amide bonds. The Hall–Kier alpha value is -3.75. The highest BCUT2D eigenvalue weighted by atomic mass is 16.7. The summed E-state index contributed by atoms with van der Waals surface area (Å²) in [6, 6.07) is 11.3. The van der Waals surface area contributed by atoms with Crippen LogP contribution in [-0.2, 0) is 19.9 Å². The molecule has 6 rings (SSSR count). The first-order valence-electron chi connectivity index (χ1n) is 10.0. The second kappa shape index (κ2) is 6.13. The summed E-state index contributed by atoms with van der Waals surface area (Å²) < 4.78 is 17.0. The normalized spacial score (nSPS) is 28.4. The van der Waals surface area contributed by atoms with E-state index in [0.29, 0.717) is 22.7 Å². The molecular weight excluding hydrogens is 402 g/mol. The second-order valence-corrected chi connectivity index (χ2v) is 8.18. The van der Waals surface area contributed by atoms with E-state index in [4.69, 9.17) is 14.2 Å². The van der Waals surface area contributed by atoms with Crippen LogP contribution in [0.15, 0.2) is 42.5 Å². The first-order chi connectivity index (χ1) is 15.0. The maximum atomic E-state index is 13.2. The Morgan fingerprint density at radius 2 is 1.87 bits per heavy atom. The summed E-state index contributed by atoms with van der Waals surface area (Å²) >= 11 is 0. The molecule has 2 aromatic carbocycles. The van der Waals surface area contributed by atoms with Crippen LogP contribution in [-0.4, -0.2) is 54.1 Å². The molecule has 9 nitrogen and oxygen atoms in total. The number of ether oxygens (including phenoxy) is 3. The molecular formula is C22H19N3O6. The molecule has 2 saturated heterocycles. The molecule has 0 saturated carbocycles. The van der Waals surface area contributed by atoms with Crippen LogP contribution in [0.25, 0.3) is 0 Å². The van der Waals surface area contributed by atoms with Crippen LogP contribution in [0.3, 0.4) is 0 Å². The van der Waals surface area contributed by atoms with Gasteiger partial charge in [0.1, 0.15) is 12.1 Å². The van der Waals surface area contributed by atoms with E-state index in [-0.39, 0.29) is 31.6 Å². The van der Waals surface area contributed by atoms with Crippen molar-refractivity contribution in [2.24, 2.45) is 0 Å². The van der Waals surface area contributed by atoms with E-state index in [9.17, 15) is 14.4 Å². The Morgan fingerprint density at radius 3 is 2.74 bits per heavy atom. The van der Waals surface area contributed by atoms with Crippen molar-refractivity contribution in [2.45, 2.75) is 24.1 Å². The Labute approximate surface area is 177 Å². The van der Waals surface area contributed by atoms with Gasteiger partial charge in [0.15, 0.2) is 17.1 Å². The van der Waals surface area contributed by atoms with Crippen LogP contribution < -0.4 is 14.8 Å². The van der Waals surface area contributed by atoms with E-state index in [1.54, 1.807) is 30.1 Å². The zero-order valence-corrected chi connectivity index (χ0v) is 16.7. The summed E-state index contributed by atoms with van der Waals surface area (Å²) in [4.78, 5) is 41.9. The monoisotopic (exact) mass is 421 g/mol. The lowest BCUT2D eigenvalue weighted by atomic mass is 9.80. The Bertz CT molecular complexity index is 1150. The predicted octanol–water partition coefficient (Wildman–Crippen LogP) is 1.99. The number of anilines is 1. The van der Waals surface area contributed by atoms with Crippen LogP contribution in [0.1, 0.15) is 23.6 Å². The van der Waals surface area contributed by atoms with E-state index in [0.717, 1.165) is 5.56 Å². The molecule has 1 spiro atoms. The minimum atomic E-state index is -1.21. The zero-order chi connectivity index (χ0) is 21.3. The van der Waals surface area contributed by atoms with Gasteiger partial charge >= 0.3 is 6.09 Å². The number of nitrogens with one attached hydrogen (secondary N) is 1. The minimum absolute atomic E-state index is 0.0275. The number of hydrogen-bond donors (Lipinski definition) is 1. The number of amides is 3. The van der Waals surface area contributed by atoms with Gasteiger partial charge in [-0.2, -0.15) is 0 Å². The van der Waals surface area contributed by atoms with Crippen LogP contribution >= 0.6 is 0 Å². The fourth-order valence-corrected chi connectivity index (χ4v) is 5.23. The van der Waals surface area contributed by atoms with Gasteiger partial charge in [0, 0.05) is 19.0 Å². The van der Waals surface area contributed by atoms with Crippen molar-refractivity contribution >= 4 is 23.6 Å². The highest BCUT2D eigenvalue weighted by molar-refractivity contribution is 5.97. The van der Waals surface area contributed by atoms with Gasteiger partial charge in [0.25, 0.3) is 0 Å². The Balaban J connectivity index is 1.59. The van der Waals surface area contributed by atoms with Crippen LogP contribution in [0.5, 0.6) is 11.5 Å². The Morgan fingerprint density at radius 1 is 1.06 bits per heavy atom. The van der Waals surface area contributed by atoms with Crippen molar-refractivity contribution in [1.82, 2.24) is 9.80 Å². The zero-order valence-electron chi connectivity index (χ0n) is 16.7. The van der Waals surface area contributed by atoms with Crippen molar-refractivity contribution < 1.29 is 28.6 Å². The third-order valence-corrected chi connectivity index (χ3v) is 6.48. The third-order valence-electron chi connectivity index (χ3n) is 6.48. The summed E-state index contributed by atoms with van der Waals surface area (Å²) in [7, 11) is 1.61. The van der Waals surface area contributed by atoms with Gasteiger partial charge in [-0.3, -0.25) is 14.9 Å². The number of carbonyl (C=O) groups is 3. The number of para-hydroxylation sites is 1. The summed E-state index contributed by atoms with van der Waals surface area (Å²) in [6.07, 6.45) is -0.441. The van der Waals surface area contributed by atoms with Crippen molar-refractivity contribution in [3.05, 3.63) is 53.6 Å². The predicted molar refractivity (Wildman–Crippen MR) is 106 cm³/mol. The number of carbonyl (C=O) groups excluding carboxylic acids is 3. The lowest BCUT2D eigenvalue weighted by Gasteiger charge is -2.42. The molecule has 4 heterocycles. The molecule has 4 aliphatic heterocycles. The van der Waals surface area contributed by atoms with Gasteiger partial charge in [0.05, 0.1) is 12.2 Å². The maximum absolute atomic E-state index is 13.2. The minimum Gasteiger partial charge on any atom is -0.454 e. The van der Waals surface area contributed by atoms with Gasteiger partial charge in [0.2, 0.25) is 18.6 Å². The largest absolute Gasteiger partial charge is 0.454 e. The SMILES string of the molecule is CN1CC(=O)N2C(CC3(OC(=O)Nc4ccccc43)C2c2ccc3c(c2)OCO3)C1=O. The molecule has 0 aliphatic carbocycles. The molecule has 0 aromatic heterocycles. The third kappa shape index (κ3) is 2.40. The number of fused-ring (bicyclic) bond motifs is 4. The molecule has 3 unspecified atom stereocenters. The van der Waals surface area contributed by atoms with Gasteiger partial charge in [-0.1, -0.05) is 24.3 Å². The van der Waals surface area contributed by atoms with Gasteiger partial charge in [-0.25, -0.2) is 4.79 Å². The van der Waals surface area contributed by atoms with Crippen molar-refractivity contribution in [3.63, 3.8) is 0 Å². The molecule has 2 aromatic rings. The number of hydrogen-bond acceptors (Lipinski definition) is 6. The summed E-state index contributed by atoms with van der Waals surface area (Å²) in [6.45, 7) is 0.0885. The first-order valence-corrected chi connectivity index (χ1v) is 10.0.